The van der Waals surface area contributed by atoms with Gasteiger partial charge in [-0.15, -0.1) is 0 Å². The Balaban J connectivity index is 2.19. The number of halogens is 2. The van der Waals surface area contributed by atoms with Crippen molar-refractivity contribution in [1.29, 1.82) is 0 Å². The van der Waals surface area contributed by atoms with Crippen molar-refractivity contribution in [3.63, 3.8) is 0 Å². The molecule has 0 saturated heterocycles. The third-order valence-electron chi connectivity index (χ3n) is 2.51. The van der Waals surface area contributed by atoms with E-state index in [0.717, 1.165) is 5.69 Å². The molecule has 0 saturated carbocycles. The van der Waals surface area contributed by atoms with Crippen LogP contribution >= 0.6 is 11.6 Å². The van der Waals surface area contributed by atoms with Crippen LogP contribution < -0.4 is 5.32 Å². The largest absolute Gasteiger partial charge is 0.444 e. The summed E-state index contributed by atoms with van der Waals surface area (Å²) < 4.78 is 19.0. The Morgan fingerprint density at radius 2 is 2.11 bits per heavy atom. The van der Waals surface area contributed by atoms with E-state index in [1.165, 1.54) is 24.5 Å². The highest BCUT2D eigenvalue weighted by Crippen LogP contribution is 2.25. The maximum Gasteiger partial charge on any atom is 0.229 e. The van der Waals surface area contributed by atoms with Crippen molar-refractivity contribution < 1.29 is 8.81 Å². The number of hydrogen-bond donors (Lipinski definition) is 1. The van der Waals surface area contributed by atoms with Gasteiger partial charge < -0.3 is 9.73 Å². The standard InChI is InChI=1S/C14H16ClFN2O/c1-14(2,3)17-7-10-8-19-13(18-10)11-6-9(15)4-5-12(11)16/h4-6,8,17H,7H2,1-3H3. The Labute approximate surface area is 116 Å². The Bertz CT molecular complexity index is 575. The highest BCUT2D eigenvalue weighted by molar-refractivity contribution is 6.30. The summed E-state index contributed by atoms with van der Waals surface area (Å²) in [7, 11) is 0. The average Bonchev–Trinajstić information content (AvgIpc) is 2.77. The summed E-state index contributed by atoms with van der Waals surface area (Å²) in [5.74, 6) is -0.160. The molecule has 0 fully saturated rings. The lowest BCUT2D eigenvalue weighted by molar-refractivity contribution is 0.421. The lowest BCUT2D eigenvalue weighted by atomic mass is 10.1. The van der Waals surface area contributed by atoms with Gasteiger partial charge in [-0.1, -0.05) is 11.6 Å². The molecule has 0 aliphatic rings. The monoisotopic (exact) mass is 282 g/mol. The van der Waals surface area contributed by atoms with E-state index in [9.17, 15) is 4.39 Å². The molecule has 3 nitrogen and oxygen atoms in total. The maximum absolute atomic E-state index is 13.7. The van der Waals surface area contributed by atoms with Gasteiger partial charge in [0.1, 0.15) is 12.1 Å². The van der Waals surface area contributed by atoms with Crippen molar-refractivity contribution in [2.24, 2.45) is 0 Å². The molecule has 0 aliphatic carbocycles. The zero-order valence-electron chi connectivity index (χ0n) is 11.1. The highest BCUT2D eigenvalue weighted by Gasteiger charge is 2.14. The van der Waals surface area contributed by atoms with Crippen LogP contribution in [0.4, 0.5) is 4.39 Å². The highest BCUT2D eigenvalue weighted by atomic mass is 35.5. The van der Waals surface area contributed by atoms with E-state index >= 15 is 0 Å². The van der Waals surface area contributed by atoms with Crippen molar-refractivity contribution >= 4 is 11.6 Å². The van der Waals surface area contributed by atoms with Gasteiger partial charge in [0.15, 0.2) is 0 Å². The normalized spacial score (nSPS) is 11.8. The second-order valence-corrected chi connectivity index (χ2v) is 5.81. The van der Waals surface area contributed by atoms with E-state index in [4.69, 9.17) is 16.0 Å². The molecule has 5 heteroatoms. The quantitative estimate of drug-likeness (QED) is 0.924. The number of aromatic nitrogens is 1. The first-order chi connectivity index (χ1) is 8.85. The lowest BCUT2D eigenvalue weighted by Crippen LogP contribution is -2.35. The Morgan fingerprint density at radius 3 is 2.79 bits per heavy atom. The Morgan fingerprint density at radius 1 is 1.37 bits per heavy atom. The first kappa shape index (κ1) is 14.0. The van der Waals surface area contributed by atoms with Crippen molar-refractivity contribution in [3.8, 4) is 11.5 Å². The first-order valence-corrected chi connectivity index (χ1v) is 6.38. The van der Waals surface area contributed by atoms with Gasteiger partial charge >= 0.3 is 0 Å². The zero-order chi connectivity index (χ0) is 14.0. The van der Waals surface area contributed by atoms with Crippen molar-refractivity contribution in [3.05, 3.63) is 41.0 Å². The van der Waals surface area contributed by atoms with Gasteiger partial charge in [-0.05, 0) is 39.0 Å². The van der Waals surface area contributed by atoms with Crippen molar-refractivity contribution in [2.75, 3.05) is 0 Å². The van der Waals surface area contributed by atoms with Crippen LogP contribution in [0.5, 0.6) is 0 Å². The second-order valence-electron chi connectivity index (χ2n) is 5.37. The molecule has 0 spiro atoms. The van der Waals surface area contributed by atoms with E-state index in [-0.39, 0.29) is 17.0 Å². The molecule has 1 heterocycles. The van der Waals surface area contributed by atoms with Gasteiger partial charge in [0.25, 0.3) is 0 Å². The number of rotatable bonds is 3. The molecule has 0 unspecified atom stereocenters. The number of hydrogen-bond acceptors (Lipinski definition) is 3. The fourth-order valence-corrected chi connectivity index (χ4v) is 1.70. The molecule has 19 heavy (non-hydrogen) atoms. The van der Waals surface area contributed by atoms with Crippen LogP contribution in [0.3, 0.4) is 0 Å². The molecule has 2 rings (SSSR count). The van der Waals surface area contributed by atoms with Crippen molar-refractivity contribution in [2.45, 2.75) is 32.9 Å². The Kier molecular flexibility index (Phi) is 3.92. The summed E-state index contributed by atoms with van der Waals surface area (Å²) in [5.41, 5.74) is 0.985. The fourth-order valence-electron chi connectivity index (χ4n) is 1.53. The number of oxazole rings is 1. The molecule has 0 aliphatic heterocycles. The molecule has 0 radical (unpaired) electrons. The molecule has 1 aromatic heterocycles. The van der Waals surface area contributed by atoms with Crippen LogP contribution in [0, 0.1) is 5.82 Å². The van der Waals surface area contributed by atoms with Crippen LogP contribution in [0.2, 0.25) is 5.02 Å². The van der Waals surface area contributed by atoms with Crippen molar-refractivity contribution in [1.82, 2.24) is 10.3 Å². The van der Waals surface area contributed by atoms with Gasteiger partial charge in [0, 0.05) is 17.1 Å². The minimum atomic E-state index is -0.401. The molecule has 0 amide bonds. The van der Waals surface area contributed by atoms with E-state index in [1.54, 1.807) is 0 Å². The molecule has 0 bridgehead atoms. The van der Waals surface area contributed by atoms with Crippen LogP contribution in [0.25, 0.3) is 11.5 Å². The summed E-state index contributed by atoms with van der Waals surface area (Å²) in [4.78, 5) is 4.26. The molecule has 1 N–H and O–H groups in total. The predicted molar refractivity (Wildman–Crippen MR) is 73.5 cm³/mol. The van der Waals surface area contributed by atoms with Crippen LogP contribution in [0.15, 0.2) is 28.9 Å². The zero-order valence-corrected chi connectivity index (χ0v) is 11.9. The number of nitrogens with one attached hydrogen (secondary N) is 1. The SMILES string of the molecule is CC(C)(C)NCc1coc(-c2cc(Cl)ccc2F)n1. The van der Waals surface area contributed by atoms with E-state index in [1.807, 2.05) is 0 Å². The van der Waals surface area contributed by atoms with E-state index < -0.39 is 5.82 Å². The van der Waals surface area contributed by atoms with Crippen LogP contribution in [0.1, 0.15) is 26.5 Å². The second kappa shape index (κ2) is 5.31. The van der Waals surface area contributed by atoms with Crippen LogP contribution in [-0.4, -0.2) is 10.5 Å². The third-order valence-corrected chi connectivity index (χ3v) is 2.75. The third kappa shape index (κ3) is 3.78. The predicted octanol–water partition coefficient (Wildman–Crippen LogP) is 4.02. The molecular weight excluding hydrogens is 267 g/mol. The lowest BCUT2D eigenvalue weighted by Gasteiger charge is -2.19. The molecular formula is C14H16ClFN2O. The summed E-state index contributed by atoms with van der Waals surface area (Å²) in [5, 5.41) is 3.73. The average molecular weight is 283 g/mol. The topological polar surface area (TPSA) is 38.1 Å². The Hall–Kier alpha value is -1.39. The molecule has 2 aromatic rings. The van der Waals surface area contributed by atoms with Gasteiger partial charge in [0.05, 0.1) is 11.3 Å². The smallest absolute Gasteiger partial charge is 0.229 e. The van der Waals surface area contributed by atoms with E-state index in [0.29, 0.717) is 11.6 Å². The summed E-state index contributed by atoms with van der Waals surface area (Å²) >= 11 is 5.85. The summed E-state index contributed by atoms with van der Waals surface area (Å²) in [6.45, 7) is 6.75. The summed E-state index contributed by atoms with van der Waals surface area (Å²) in [6.07, 6.45) is 1.52. The van der Waals surface area contributed by atoms with E-state index in [2.05, 4.69) is 31.1 Å². The maximum atomic E-state index is 13.7. The minimum Gasteiger partial charge on any atom is -0.444 e. The van der Waals surface area contributed by atoms with Crippen LogP contribution in [-0.2, 0) is 6.54 Å². The van der Waals surface area contributed by atoms with Gasteiger partial charge in [0.2, 0.25) is 5.89 Å². The number of benzene rings is 1. The minimum absolute atomic E-state index is 0.0135. The van der Waals surface area contributed by atoms with Gasteiger partial charge in [-0.25, -0.2) is 9.37 Å². The summed E-state index contributed by atoms with van der Waals surface area (Å²) in [6, 6.07) is 4.30. The molecule has 1 aromatic carbocycles. The first-order valence-electron chi connectivity index (χ1n) is 6.00. The molecule has 102 valence electrons. The van der Waals surface area contributed by atoms with Gasteiger partial charge in [-0.2, -0.15) is 0 Å². The molecule has 0 atom stereocenters. The number of nitrogens with zero attached hydrogens (tertiary/aromatic N) is 1. The fraction of sp³-hybridized carbons (Fsp3) is 0.357. The van der Waals surface area contributed by atoms with Gasteiger partial charge in [-0.3, -0.25) is 0 Å².